The van der Waals surface area contributed by atoms with E-state index in [0.29, 0.717) is 31.1 Å². The van der Waals surface area contributed by atoms with E-state index in [2.05, 4.69) is 9.97 Å². The van der Waals surface area contributed by atoms with Crippen molar-refractivity contribution in [3.05, 3.63) is 36.5 Å². The van der Waals surface area contributed by atoms with Crippen LogP contribution in [0.5, 0.6) is 5.75 Å². The predicted molar refractivity (Wildman–Crippen MR) is 80.0 cm³/mol. The van der Waals surface area contributed by atoms with E-state index in [0.717, 1.165) is 0 Å². The molecule has 0 saturated carbocycles. The van der Waals surface area contributed by atoms with E-state index in [-0.39, 0.29) is 11.1 Å². The third-order valence-electron chi connectivity index (χ3n) is 3.74. The zero-order valence-corrected chi connectivity index (χ0v) is 13.3. The summed E-state index contributed by atoms with van der Waals surface area (Å²) in [5.41, 5.74) is 0. The second-order valence-corrected chi connectivity index (χ2v) is 7.20. The lowest BCUT2D eigenvalue weighted by Crippen LogP contribution is -2.31. The third-order valence-corrected chi connectivity index (χ3v) is 5.47. The average molecular weight is 322 g/mol. The minimum absolute atomic E-state index is 0.0922. The number of hydrogen-bond acceptors (Lipinski definition) is 5. The highest BCUT2D eigenvalue weighted by Gasteiger charge is 2.35. The largest absolute Gasteiger partial charge is 0.487 e. The molecule has 2 aromatic heterocycles. The Morgan fingerprint density at radius 1 is 1.41 bits per heavy atom. The molecular formula is C14H18N4O3S. The second kappa shape index (κ2) is 5.69. The molecule has 0 N–H and O–H groups in total. The number of hydrogen-bond donors (Lipinski definition) is 0. The highest BCUT2D eigenvalue weighted by atomic mass is 32.2. The van der Waals surface area contributed by atoms with Gasteiger partial charge in [-0.2, -0.15) is 4.31 Å². The summed E-state index contributed by atoms with van der Waals surface area (Å²) < 4.78 is 34.1. The Kier molecular flexibility index (Phi) is 3.88. The number of sulfonamides is 1. The number of rotatable bonds is 4. The number of aromatic nitrogens is 3. The molecule has 3 rings (SSSR count). The van der Waals surface area contributed by atoms with E-state index in [1.165, 1.54) is 4.31 Å². The van der Waals surface area contributed by atoms with Crippen molar-refractivity contribution in [3.63, 3.8) is 0 Å². The summed E-state index contributed by atoms with van der Waals surface area (Å²) in [7, 11) is -1.78. The molecule has 7 nitrogen and oxygen atoms in total. The van der Waals surface area contributed by atoms with Gasteiger partial charge in [-0.05, 0) is 25.5 Å². The fourth-order valence-corrected chi connectivity index (χ4v) is 3.92. The smallest absolute Gasteiger partial charge is 0.262 e. The van der Waals surface area contributed by atoms with E-state index < -0.39 is 10.0 Å². The van der Waals surface area contributed by atoms with Gasteiger partial charge in [-0.25, -0.2) is 13.4 Å². The normalized spacial score (nSPS) is 19.5. The molecule has 8 heteroatoms. The van der Waals surface area contributed by atoms with E-state index in [1.807, 2.05) is 6.07 Å². The van der Waals surface area contributed by atoms with Gasteiger partial charge in [-0.1, -0.05) is 0 Å². The van der Waals surface area contributed by atoms with Crippen LogP contribution in [0.15, 0.2) is 35.7 Å². The van der Waals surface area contributed by atoms with Crippen LogP contribution in [0.25, 0.3) is 0 Å². The molecule has 0 unspecified atom stereocenters. The predicted octanol–water partition coefficient (Wildman–Crippen LogP) is 0.966. The highest BCUT2D eigenvalue weighted by Crippen LogP contribution is 2.23. The van der Waals surface area contributed by atoms with Gasteiger partial charge in [0.1, 0.15) is 17.7 Å². The zero-order chi connectivity index (χ0) is 15.7. The summed E-state index contributed by atoms with van der Waals surface area (Å²) in [6.07, 6.45) is 5.32. The van der Waals surface area contributed by atoms with Crippen LogP contribution in [-0.2, 0) is 17.1 Å². The molecular weight excluding hydrogens is 304 g/mol. The summed E-state index contributed by atoms with van der Waals surface area (Å²) in [5, 5.41) is 0.0922. The Balaban J connectivity index is 1.72. The van der Waals surface area contributed by atoms with Gasteiger partial charge in [0.25, 0.3) is 10.0 Å². The molecule has 0 bridgehead atoms. The average Bonchev–Trinajstić information content (AvgIpc) is 3.09. The lowest BCUT2D eigenvalue weighted by molar-refractivity contribution is 0.214. The van der Waals surface area contributed by atoms with E-state index in [1.54, 1.807) is 43.2 Å². The van der Waals surface area contributed by atoms with E-state index in [4.69, 9.17) is 4.74 Å². The minimum atomic E-state index is -3.56. The van der Waals surface area contributed by atoms with E-state index >= 15 is 0 Å². The van der Waals surface area contributed by atoms with E-state index in [9.17, 15) is 8.42 Å². The second-order valence-electron chi connectivity index (χ2n) is 5.32. The van der Waals surface area contributed by atoms with Crippen molar-refractivity contribution in [2.45, 2.75) is 24.5 Å². The number of aryl methyl sites for hydroxylation is 2. The first-order chi connectivity index (χ1) is 10.5. The van der Waals surface area contributed by atoms with Crippen LogP contribution in [0.3, 0.4) is 0 Å². The highest BCUT2D eigenvalue weighted by molar-refractivity contribution is 7.89. The Labute approximate surface area is 129 Å². The van der Waals surface area contributed by atoms with Gasteiger partial charge in [0.15, 0.2) is 5.03 Å². The topological polar surface area (TPSA) is 77.3 Å². The van der Waals surface area contributed by atoms with Crippen LogP contribution in [0.4, 0.5) is 0 Å². The molecule has 22 heavy (non-hydrogen) atoms. The SMILES string of the molecule is Cc1nc(S(=O)(=O)N2CC[C@H](Oc3cccnc3)C2)cn1C. The van der Waals surface area contributed by atoms with Crippen molar-refractivity contribution in [1.82, 2.24) is 18.8 Å². The first-order valence-corrected chi connectivity index (χ1v) is 8.47. The molecule has 1 saturated heterocycles. The molecule has 1 aliphatic rings. The molecule has 0 amide bonds. The fourth-order valence-electron chi connectivity index (χ4n) is 2.40. The van der Waals surface area contributed by atoms with Crippen molar-refractivity contribution < 1.29 is 13.2 Å². The first kappa shape index (κ1) is 15.0. The van der Waals surface area contributed by atoms with Crippen molar-refractivity contribution in [2.24, 2.45) is 7.05 Å². The lowest BCUT2D eigenvalue weighted by Gasteiger charge is -2.15. The van der Waals surface area contributed by atoms with Crippen LogP contribution >= 0.6 is 0 Å². The number of nitrogens with zero attached hydrogens (tertiary/aromatic N) is 4. The van der Waals surface area contributed by atoms with Crippen LogP contribution in [0.1, 0.15) is 12.2 Å². The van der Waals surface area contributed by atoms with Crippen molar-refractivity contribution >= 4 is 10.0 Å². The summed E-state index contributed by atoms with van der Waals surface area (Å²) in [4.78, 5) is 8.10. The van der Waals surface area contributed by atoms with Gasteiger partial charge >= 0.3 is 0 Å². The summed E-state index contributed by atoms with van der Waals surface area (Å²) >= 11 is 0. The monoisotopic (exact) mass is 322 g/mol. The molecule has 3 heterocycles. The molecule has 0 spiro atoms. The summed E-state index contributed by atoms with van der Waals surface area (Å²) in [5.74, 6) is 1.32. The molecule has 1 atom stereocenters. The van der Waals surface area contributed by atoms with Gasteiger partial charge < -0.3 is 9.30 Å². The van der Waals surface area contributed by atoms with Crippen LogP contribution in [0, 0.1) is 6.92 Å². The van der Waals surface area contributed by atoms with Gasteiger partial charge in [0.05, 0.1) is 12.7 Å². The lowest BCUT2D eigenvalue weighted by atomic mass is 10.3. The quantitative estimate of drug-likeness (QED) is 0.838. The zero-order valence-electron chi connectivity index (χ0n) is 12.5. The Bertz CT molecular complexity index is 738. The number of imidazole rings is 1. The van der Waals surface area contributed by atoms with Crippen LogP contribution < -0.4 is 4.74 Å². The molecule has 1 fully saturated rings. The number of ether oxygens (including phenoxy) is 1. The van der Waals surface area contributed by atoms with Gasteiger partial charge in [-0.15, -0.1) is 0 Å². The first-order valence-electron chi connectivity index (χ1n) is 7.03. The van der Waals surface area contributed by atoms with Crippen LogP contribution in [-0.4, -0.2) is 46.5 Å². The van der Waals surface area contributed by atoms with Crippen molar-refractivity contribution in [1.29, 1.82) is 0 Å². The molecule has 2 aromatic rings. The fraction of sp³-hybridized carbons (Fsp3) is 0.429. The molecule has 0 radical (unpaired) electrons. The van der Waals surface area contributed by atoms with Crippen LogP contribution in [0.2, 0.25) is 0 Å². The Morgan fingerprint density at radius 3 is 2.86 bits per heavy atom. The molecule has 1 aliphatic heterocycles. The van der Waals surface area contributed by atoms with Gasteiger partial charge in [-0.3, -0.25) is 4.98 Å². The maximum atomic E-state index is 12.6. The standard InChI is InChI=1S/C14H18N4O3S/c1-11-16-14(10-17(11)2)22(19,20)18-7-5-13(9-18)21-12-4-3-6-15-8-12/h3-4,6,8,10,13H,5,7,9H2,1-2H3/t13-/m0/s1. The molecule has 118 valence electrons. The van der Waals surface area contributed by atoms with Gasteiger partial charge in [0, 0.05) is 26.0 Å². The maximum Gasteiger partial charge on any atom is 0.262 e. The van der Waals surface area contributed by atoms with Gasteiger partial charge in [0.2, 0.25) is 0 Å². The minimum Gasteiger partial charge on any atom is -0.487 e. The third kappa shape index (κ3) is 2.84. The summed E-state index contributed by atoms with van der Waals surface area (Å²) in [6.45, 7) is 2.53. The Hall–Kier alpha value is -1.93. The molecule has 0 aliphatic carbocycles. The molecule has 0 aromatic carbocycles. The Morgan fingerprint density at radius 2 is 2.23 bits per heavy atom. The van der Waals surface area contributed by atoms with Crippen molar-refractivity contribution in [3.8, 4) is 5.75 Å². The number of pyridine rings is 1. The maximum absolute atomic E-state index is 12.6. The van der Waals surface area contributed by atoms with Crippen molar-refractivity contribution in [2.75, 3.05) is 13.1 Å². The summed E-state index contributed by atoms with van der Waals surface area (Å²) in [6, 6.07) is 3.60.